The Morgan fingerprint density at radius 3 is 2.46 bits per heavy atom. The number of piperazine rings is 1. The van der Waals surface area contributed by atoms with E-state index < -0.39 is 0 Å². The van der Waals surface area contributed by atoms with Gasteiger partial charge in [-0.1, -0.05) is 17.7 Å². The van der Waals surface area contributed by atoms with E-state index in [1.165, 1.54) is 5.69 Å². The zero-order valence-electron chi connectivity index (χ0n) is 15.6. The van der Waals surface area contributed by atoms with Gasteiger partial charge in [0.05, 0.1) is 6.20 Å². The van der Waals surface area contributed by atoms with Crippen LogP contribution in [0.1, 0.15) is 0 Å². The van der Waals surface area contributed by atoms with Gasteiger partial charge >= 0.3 is 0 Å². The van der Waals surface area contributed by atoms with E-state index in [9.17, 15) is 0 Å². The van der Waals surface area contributed by atoms with Gasteiger partial charge in [-0.2, -0.15) is 10.1 Å². The number of likely N-dealkylation sites (N-methyl/N-ethyl adjacent to an activating group) is 1. The van der Waals surface area contributed by atoms with Crippen molar-refractivity contribution in [2.45, 2.75) is 0 Å². The van der Waals surface area contributed by atoms with Crippen LogP contribution in [-0.4, -0.2) is 53.3 Å². The fourth-order valence-corrected chi connectivity index (χ4v) is 3.27. The SMILES string of the molecule is CN1CCN(c2ccc(Nc3cnnc(Nc4cccc(Cl)c4)n3)cc2)CC1. The van der Waals surface area contributed by atoms with Crippen LogP contribution in [0.4, 0.5) is 28.8 Å². The van der Waals surface area contributed by atoms with Gasteiger partial charge in [-0.25, -0.2) is 0 Å². The van der Waals surface area contributed by atoms with Crippen molar-refractivity contribution in [2.75, 3.05) is 48.8 Å². The molecule has 0 radical (unpaired) electrons. The Morgan fingerprint density at radius 1 is 0.929 bits per heavy atom. The Labute approximate surface area is 169 Å². The molecule has 8 heteroatoms. The molecule has 4 rings (SSSR count). The summed E-state index contributed by atoms with van der Waals surface area (Å²) in [6, 6.07) is 15.8. The molecule has 28 heavy (non-hydrogen) atoms. The smallest absolute Gasteiger partial charge is 0.249 e. The van der Waals surface area contributed by atoms with E-state index in [-0.39, 0.29) is 0 Å². The highest BCUT2D eigenvalue weighted by atomic mass is 35.5. The average molecular weight is 396 g/mol. The number of anilines is 5. The highest BCUT2D eigenvalue weighted by Gasteiger charge is 2.14. The minimum absolute atomic E-state index is 0.404. The van der Waals surface area contributed by atoms with E-state index >= 15 is 0 Å². The van der Waals surface area contributed by atoms with Crippen molar-refractivity contribution in [3.8, 4) is 0 Å². The third-order valence-corrected chi connectivity index (χ3v) is 4.88. The molecule has 0 amide bonds. The standard InChI is InChI=1S/C20H22ClN7/c1-27-9-11-28(12-10-27)18-7-5-16(6-8-18)23-19-14-22-26-20(25-19)24-17-4-2-3-15(21)13-17/h2-8,13-14H,9-12H2,1H3,(H2,23,24,25,26). The van der Waals surface area contributed by atoms with E-state index in [0.29, 0.717) is 16.8 Å². The molecule has 0 spiro atoms. The summed E-state index contributed by atoms with van der Waals surface area (Å²) in [6.07, 6.45) is 1.59. The lowest BCUT2D eigenvalue weighted by molar-refractivity contribution is 0.313. The van der Waals surface area contributed by atoms with Gasteiger partial charge in [-0.3, -0.25) is 0 Å². The Morgan fingerprint density at radius 2 is 1.71 bits per heavy atom. The summed E-state index contributed by atoms with van der Waals surface area (Å²) >= 11 is 6.01. The van der Waals surface area contributed by atoms with Crippen LogP contribution >= 0.6 is 11.6 Å². The van der Waals surface area contributed by atoms with Crippen LogP contribution in [0.25, 0.3) is 0 Å². The zero-order chi connectivity index (χ0) is 19.3. The number of nitrogens with zero attached hydrogens (tertiary/aromatic N) is 5. The lowest BCUT2D eigenvalue weighted by atomic mass is 10.2. The van der Waals surface area contributed by atoms with Crippen LogP contribution in [0.2, 0.25) is 5.02 Å². The Hall–Kier alpha value is -2.90. The van der Waals surface area contributed by atoms with Crippen LogP contribution in [0.5, 0.6) is 0 Å². The van der Waals surface area contributed by atoms with E-state index in [2.05, 4.69) is 66.9 Å². The third kappa shape index (κ3) is 4.68. The van der Waals surface area contributed by atoms with Crippen molar-refractivity contribution in [3.05, 3.63) is 59.8 Å². The maximum atomic E-state index is 6.01. The Kier molecular flexibility index (Phi) is 5.55. The largest absolute Gasteiger partial charge is 0.369 e. The van der Waals surface area contributed by atoms with Gasteiger partial charge in [0.15, 0.2) is 5.82 Å². The Balaban J connectivity index is 1.41. The van der Waals surface area contributed by atoms with Crippen LogP contribution in [0.3, 0.4) is 0 Å². The topological polar surface area (TPSA) is 69.2 Å². The molecule has 1 aliphatic rings. The fraction of sp³-hybridized carbons (Fsp3) is 0.250. The molecule has 1 aromatic heterocycles. The molecule has 0 bridgehead atoms. The van der Waals surface area contributed by atoms with Crippen molar-refractivity contribution in [1.82, 2.24) is 20.1 Å². The number of halogens is 1. The first-order valence-electron chi connectivity index (χ1n) is 9.19. The van der Waals surface area contributed by atoms with E-state index in [1.54, 1.807) is 6.20 Å². The number of hydrogen-bond donors (Lipinski definition) is 2. The molecule has 2 aromatic carbocycles. The van der Waals surface area contributed by atoms with Crippen molar-refractivity contribution >= 4 is 40.4 Å². The van der Waals surface area contributed by atoms with Crippen LogP contribution in [0, 0.1) is 0 Å². The van der Waals surface area contributed by atoms with E-state index in [1.807, 2.05) is 24.3 Å². The van der Waals surface area contributed by atoms with E-state index in [4.69, 9.17) is 11.6 Å². The molecule has 144 valence electrons. The molecule has 0 unspecified atom stereocenters. The maximum absolute atomic E-state index is 6.01. The average Bonchev–Trinajstić information content (AvgIpc) is 2.70. The first kappa shape index (κ1) is 18.5. The van der Waals surface area contributed by atoms with Gasteiger partial charge in [0, 0.05) is 48.3 Å². The molecule has 3 aromatic rings. The zero-order valence-corrected chi connectivity index (χ0v) is 16.4. The van der Waals surface area contributed by atoms with Crippen LogP contribution < -0.4 is 15.5 Å². The summed E-state index contributed by atoms with van der Waals surface area (Å²) in [4.78, 5) is 9.22. The third-order valence-electron chi connectivity index (χ3n) is 4.65. The molecule has 7 nitrogen and oxygen atoms in total. The molecule has 1 aliphatic heterocycles. The number of rotatable bonds is 5. The fourth-order valence-electron chi connectivity index (χ4n) is 3.08. The van der Waals surface area contributed by atoms with Crippen molar-refractivity contribution in [1.29, 1.82) is 0 Å². The summed E-state index contributed by atoms with van der Waals surface area (Å²) < 4.78 is 0. The maximum Gasteiger partial charge on any atom is 0.249 e. The minimum Gasteiger partial charge on any atom is -0.369 e. The van der Waals surface area contributed by atoms with Crippen molar-refractivity contribution in [3.63, 3.8) is 0 Å². The predicted molar refractivity (Wildman–Crippen MR) is 114 cm³/mol. The summed E-state index contributed by atoms with van der Waals surface area (Å²) in [5, 5.41) is 15.1. The van der Waals surface area contributed by atoms with Gasteiger partial charge in [0.25, 0.3) is 0 Å². The van der Waals surface area contributed by atoms with Crippen LogP contribution in [-0.2, 0) is 0 Å². The predicted octanol–water partition coefficient (Wildman–Crippen LogP) is 3.76. The second-order valence-electron chi connectivity index (χ2n) is 6.76. The highest BCUT2D eigenvalue weighted by molar-refractivity contribution is 6.30. The molecule has 0 atom stereocenters. The summed E-state index contributed by atoms with van der Waals surface area (Å²) in [5.74, 6) is 1.02. The van der Waals surface area contributed by atoms with Crippen molar-refractivity contribution < 1.29 is 0 Å². The first-order valence-corrected chi connectivity index (χ1v) is 9.56. The number of nitrogens with one attached hydrogen (secondary N) is 2. The molecule has 0 aliphatic carbocycles. The molecule has 0 saturated carbocycles. The van der Waals surface area contributed by atoms with Crippen molar-refractivity contribution in [2.24, 2.45) is 0 Å². The molecule has 1 fully saturated rings. The Bertz CT molecular complexity index is 924. The minimum atomic E-state index is 0.404. The van der Waals surface area contributed by atoms with Crippen LogP contribution in [0.15, 0.2) is 54.7 Å². The van der Waals surface area contributed by atoms with Gasteiger partial charge < -0.3 is 20.4 Å². The van der Waals surface area contributed by atoms with Gasteiger partial charge in [-0.15, -0.1) is 5.10 Å². The highest BCUT2D eigenvalue weighted by Crippen LogP contribution is 2.22. The lowest BCUT2D eigenvalue weighted by Crippen LogP contribution is -2.44. The quantitative estimate of drug-likeness (QED) is 0.681. The van der Waals surface area contributed by atoms with Gasteiger partial charge in [-0.05, 0) is 49.5 Å². The number of benzene rings is 2. The number of aromatic nitrogens is 3. The monoisotopic (exact) mass is 395 g/mol. The molecular weight excluding hydrogens is 374 g/mol. The lowest BCUT2D eigenvalue weighted by Gasteiger charge is -2.34. The summed E-state index contributed by atoms with van der Waals surface area (Å²) in [5.41, 5.74) is 3.00. The van der Waals surface area contributed by atoms with E-state index in [0.717, 1.165) is 37.6 Å². The summed E-state index contributed by atoms with van der Waals surface area (Å²) in [6.45, 7) is 4.29. The van der Waals surface area contributed by atoms with Gasteiger partial charge in [0.2, 0.25) is 5.95 Å². The molecular formula is C20H22ClN7. The number of hydrogen-bond acceptors (Lipinski definition) is 7. The summed E-state index contributed by atoms with van der Waals surface area (Å²) in [7, 11) is 2.16. The second kappa shape index (κ2) is 8.41. The second-order valence-corrected chi connectivity index (χ2v) is 7.20. The first-order chi connectivity index (χ1) is 13.7. The normalized spacial score (nSPS) is 14.7. The van der Waals surface area contributed by atoms with Gasteiger partial charge in [0.1, 0.15) is 0 Å². The molecule has 2 heterocycles. The molecule has 2 N–H and O–H groups in total. The molecule has 1 saturated heterocycles.